The smallest absolute Gasteiger partial charge is 0.255 e. The van der Waals surface area contributed by atoms with E-state index >= 15 is 0 Å². The van der Waals surface area contributed by atoms with Crippen LogP contribution in [0.5, 0.6) is 5.75 Å². The third-order valence-corrected chi connectivity index (χ3v) is 10.0. The molecule has 0 bridgehead atoms. The van der Waals surface area contributed by atoms with Gasteiger partial charge in [-0.25, -0.2) is 16.8 Å². The third-order valence-electron chi connectivity index (χ3n) is 6.30. The van der Waals surface area contributed by atoms with Gasteiger partial charge in [0.1, 0.15) is 5.75 Å². The van der Waals surface area contributed by atoms with Crippen LogP contribution in [0.2, 0.25) is 10.0 Å². The summed E-state index contributed by atoms with van der Waals surface area (Å²) in [5.41, 5.74) is 1.17. The van der Waals surface area contributed by atoms with Gasteiger partial charge in [-0.15, -0.1) is 0 Å². The van der Waals surface area contributed by atoms with E-state index in [0.29, 0.717) is 40.1 Å². The molecule has 1 saturated heterocycles. The summed E-state index contributed by atoms with van der Waals surface area (Å²) in [5.74, 6) is -0.240. The van der Waals surface area contributed by atoms with Crippen molar-refractivity contribution in [2.24, 2.45) is 0 Å². The van der Waals surface area contributed by atoms with Gasteiger partial charge in [0.05, 0.1) is 36.2 Å². The molecular weight excluding hydrogens is 585 g/mol. The summed E-state index contributed by atoms with van der Waals surface area (Å²) < 4.78 is 59.1. The number of methoxy groups -OCH3 is 1. The normalized spacial score (nSPS) is 14.3. The molecule has 4 rings (SSSR count). The lowest BCUT2D eigenvalue weighted by Crippen LogP contribution is -2.29. The van der Waals surface area contributed by atoms with E-state index in [1.807, 2.05) is 0 Å². The Hall–Kier alpha value is -2.83. The predicted octanol–water partition coefficient (Wildman–Crippen LogP) is 5.01. The summed E-state index contributed by atoms with van der Waals surface area (Å²) in [6.07, 6.45) is 2.67. The zero-order valence-electron chi connectivity index (χ0n) is 21.2. The molecule has 1 heterocycles. The second kappa shape index (κ2) is 11.7. The average Bonchev–Trinajstić information content (AvgIpc) is 3.44. The van der Waals surface area contributed by atoms with Crippen LogP contribution in [0.15, 0.2) is 65.6 Å². The van der Waals surface area contributed by atoms with E-state index in [-0.39, 0.29) is 22.7 Å². The Balaban J connectivity index is 1.58. The lowest BCUT2D eigenvalue weighted by molar-refractivity contribution is 0.102. The monoisotopic (exact) mass is 611 g/mol. The molecule has 13 heteroatoms. The number of hydrogen-bond donors (Lipinski definition) is 1. The molecule has 1 aliphatic heterocycles. The minimum Gasteiger partial charge on any atom is -0.495 e. The predicted molar refractivity (Wildman–Crippen MR) is 153 cm³/mol. The van der Waals surface area contributed by atoms with Crippen LogP contribution in [0.3, 0.4) is 0 Å². The van der Waals surface area contributed by atoms with E-state index in [9.17, 15) is 21.6 Å². The van der Waals surface area contributed by atoms with Crippen LogP contribution >= 0.6 is 23.2 Å². The van der Waals surface area contributed by atoms with E-state index in [1.54, 1.807) is 18.2 Å². The maximum atomic E-state index is 13.1. The van der Waals surface area contributed by atoms with E-state index < -0.39 is 26.0 Å². The second-order valence-corrected chi connectivity index (χ2v) is 13.6. The van der Waals surface area contributed by atoms with Crippen molar-refractivity contribution < 1.29 is 26.4 Å². The van der Waals surface area contributed by atoms with Crippen LogP contribution in [0.1, 0.15) is 28.8 Å². The zero-order valence-corrected chi connectivity index (χ0v) is 24.4. The second-order valence-electron chi connectivity index (χ2n) is 8.94. The molecule has 3 aromatic rings. The molecule has 1 aliphatic rings. The molecule has 9 nitrogen and oxygen atoms in total. The Morgan fingerprint density at radius 1 is 0.974 bits per heavy atom. The third kappa shape index (κ3) is 6.50. The Bertz CT molecular complexity index is 1570. The van der Waals surface area contributed by atoms with E-state index in [1.165, 1.54) is 53.9 Å². The molecule has 0 saturated carbocycles. The van der Waals surface area contributed by atoms with Crippen LogP contribution in [-0.4, -0.2) is 53.5 Å². The standard InChI is InChI=1S/C26H27Cl2N3O6S2/c1-37-25-13-12-20(39(35,36)30-14-3-4-15-30)16-24(25)29-26(32)18-8-10-19(11-9-18)31(38(2,33)34)17-21-22(27)6-5-7-23(21)28/h5-13,16H,3-4,14-15,17H2,1-2H3,(H,29,32). The fourth-order valence-electron chi connectivity index (χ4n) is 4.22. The summed E-state index contributed by atoms with van der Waals surface area (Å²) in [5, 5.41) is 3.36. The lowest BCUT2D eigenvalue weighted by Gasteiger charge is -2.24. The van der Waals surface area contributed by atoms with Gasteiger partial charge in [-0.1, -0.05) is 29.3 Å². The average molecular weight is 613 g/mol. The maximum Gasteiger partial charge on any atom is 0.255 e. The Morgan fingerprint density at radius 3 is 2.15 bits per heavy atom. The van der Waals surface area contributed by atoms with Crippen molar-refractivity contribution in [2.75, 3.05) is 36.1 Å². The summed E-state index contributed by atoms with van der Waals surface area (Å²) in [6.45, 7) is 0.809. The van der Waals surface area contributed by atoms with Crippen molar-refractivity contribution >= 4 is 60.5 Å². The maximum absolute atomic E-state index is 13.1. The number of nitrogens with zero attached hydrogens (tertiary/aromatic N) is 2. The number of nitrogens with one attached hydrogen (secondary N) is 1. The highest BCUT2D eigenvalue weighted by Gasteiger charge is 2.28. The largest absolute Gasteiger partial charge is 0.495 e. The fourth-order valence-corrected chi connectivity index (χ4v) is 7.15. The van der Waals surface area contributed by atoms with Crippen LogP contribution in [-0.2, 0) is 26.6 Å². The van der Waals surface area contributed by atoms with Gasteiger partial charge in [0.2, 0.25) is 20.0 Å². The Morgan fingerprint density at radius 2 is 1.59 bits per heavy atom. The SMILES string of the molecule is COc1ccc(S(=O)(=O)N2CCCC2)cc1NC(=O)c1ccc(N(Cc2c(Cl)cccc2Cl)S(C)(=O)=O)cc1. The molecule has 3 aromatic carbocycles. The number of rotatable bonds is 9. The number of halogens is 2. The highest BCUT2D eigenvalue weighted by Crippen LogP contribution is 2.32. The van der Waals surface area contributed by atoms with Crippen molar-refractivity contribution in [1.29, 1.82) is 0 Å². The van der Waals surface area contributed by atoms with Gasteiger partial charge >= 0.3 is 0 Å². The quantitative estimate of drug-likeness (QED) is 0.364. The number of ether oxygens (including phenoxy) is 1. The Kier molecular flexibility index (Phi) is 8.77. The Labute approximate surface area is 238 Å². The van der Waals surface area contributed by atoms with E-state index in [0.717, 1.165) is 23.4 Å². The molecule has 0 radical (unpaired) electrons. The summed E-state index contributed by atoms with van der Waals surface area (Å²) in [4.78, 5) is 13.1. The van der Waals surface area contributed by atoms with Crippen molar-refractivity contribution in [1.82, 2.24) is 4.31 Å². The molecule has 0 aliphatic carbocycles. The molecule has 0 atom stereocenters. The summed E-state index contributed by atoms with van der Waals surface area (Å²) in [6, 6.07) is 15.1. The van der Waals surface area contributed by atoms with Crippen LogP contribution in [0.25, 0.3) is 0 Å². The number of sulfonamides is 2. The molecular formula is C26H27Cl2N3O6S2. The molecule has 0 aromatic heterocycles. The number of amides is 1. The summed E-state index contributed by atoms with van der Waals surface area (Å²) >= 11 is 12.5. The first kappa shape index (κ1) is 29.2. The molecule has 0 unspecified atom stereocenters. The van der Waals surface area contributed by atoms with Gasteiger partial charge < -0.3 is 10.1 Å². The molecule has 0 spiro atoms. The van der Waals surface area contributed by atoms with Gasteiger partial charge in [0.25, 0.3) is 5.91 Å². The number of anilines is 2. The van der Waals surface area contributed by atoms with Crippen LogP contribution in [0, 0.1) is 0 Å². The zero-order chi connectivity index (χ0) is 28.4. The highest BCUT2D eigenvalue weighted by atomic mass is 35.5. The molecule has 208 valence electrons. The van der Waals surface area contributed by atoms with Gasteiger partial charge in [0.15, 0.2) is 0 Å². The highest BCUT2D eigenvalue weighted by molar-refractivity contribution is 7.92. The van der Waals surface area contributed by atoms with Crippen molar-refractivity contribution in [3.63, 3.8) is 0 Å². The number of carbonyl (C=O) groups is 1. The summed E-state index contributed by atoms with van der Waals surface area (Å²) in [7, 11) is -6.01. The van der Waals surface area contributed by atoms with Gasteiger partial charge in [-0.3, -0.25) is 9.10 Å². The van der Waals surface area contributed by atoms with Crippen LogP contribution in [0.4, 0.5) is 11.4 Å². The van der Waals surface area contributed by atoms with Gasteiger partial charge in [-0.2, -0.15) is 4.31 Å². The minimum atomic E-state index is -3.73. The number of carbonyl (C=O) groups excluding carboxylic acids is 1. The molecule has 1 N–H and O–H groups in total. The first-order chi connectivity index (χ1) is 18.4. The number of benzene rings is 3. The van der Waals surface area contributed by atoms with Crippen molar-refractivity contribution in [2.45, 2.75) is 24.3 Å². The molecule has 1 amide bonds. The van der Waals surface area contributed by atoms with Gasteiger partial charge in [0, 0.05) is 34.3 Å². The topological polar surface area (TPSA) is 113 Å². The first-order valence-electron chi connectivity index (χ1n) is 11.9. The lowest BCUT2D eigenvalue weighted by atomic mass is 10.1. The fraction of sp³-hybridized carbons (Fsp3) is 0.269. The number of hydrogen-bond acceptors (Lipinski definition) is 6. The van der Waals surface area contributed by atoms with E-state index in [4.69, 9.17) is 27.9 Å². The van der Waals surface area contributed by atoms with Crippen molar-refractivity contribution in [3.8, 4) is 5.75 Å². The molecule has 39 heavy (non-hydrogen) atoms. The minimum absolute atomic E-state index is 0.0536. The van der Waals surface area contributed by atoms with Crippen molar-refractivity contribution in [3.05, 3.63) is 81.8 Å². The first-order valence-corrected chi connectivity index (χ1v) is 16.0. The van der Waals surface area contributed by atoms with E-state index in [2.05, 4.69) is 5.32 Å². The molecule has 1 fully saturated rings. The van der Waals surface area contributed by atoms with Crippen LogP contribution < -0.4 is 14.4 Å². The van der Waals surface area contributed by atoms with Gasteiger partial charge in [-0.05, 0) is 67.4 Å².